The lowest BCUT2D eigenvalue weighted by Crippen LogP contribution is -2.41. The summed E-state index contributed by atoms with van der Waals surface area (Å²) >= 11 is 7.15. The monoisotopic (exact) mass is 334 g/mol. The zero-order chi connectivity index (χ0) is 15.3. The number of nitriles is 1. The van der Waals surface area contributed by atoms with E-state index in [0.29, 0.717) is 0 Å². The van der Waals surface area contributed by atoms with Gasteiger partial charge in [-0.2, -0.15) is 17.0 Å². The summed E-state index contributed by atoms with van der Waals surface area (Å²) in [5.41, 5.74) is 0.0267. The molecule has 0 radical (unpaired) electrons. The summed E-state index contributed by atoms with van der Waals surface area (Å²) in [6.07, 6.45) is 1.78. The molecule has 0 fully saturated rings. The van der Waals surface area contributed by atoms with E-state index in [-0.39, 0.29) is 27.3 Å². The molecule has 1 aromatic carbocycles. The van der Waals surface area contributed by atoms with Crippen molar-refractivity contribution in [3.05, 3.63) is 28.8 Å². The van der Waals surface area contributed by atoms with E-state index >= 15 is 0 Å². The second-order valence-corrected chi connectivity index (χ2v) is 7.31. The highest BCUT2D eigenvalue weighted by Gasteiger charge is 2.25. The molecule has 0 saturated heterocycles. The third-order valence-electron chi connectivity index (χ3n) is 2.74. The quantitative estimate of drug-likeness (QED) is 0.824. The fourth-order valence-corrected chi connectivity index (χ4v) is 4.05. The standard InChI is InChI=1S/C12H15ClN2O3S2/c1-8(11(7-16)19-2)15-20(17,18)12-5-10(13)4-3-9(12)6-14/h3-5,8,11,15-16H,7H2,1-2H3. The van der Waals surface area contributed by atoms with Gasteiger partial charge in [-0.3, -0.25) is 0 Å². The molecule has 5 nitrogen and oxygen atoms in total. The average Bonchev–Trinajstić information content (AvgIpc) is 2.39. The number of nitrogens with one attached hydrogen (secondary N) is 1. The molecule has 0 heterocycles. The number of sulfonamides is 1. The highest BCUT2D eigenvalue weighted by molar-refractivity contribution is 7.99. The van der Waals surface area contributed by atoms with Gasteiger partial charge in [0, 0.05) is 16.3 Å². The lowest BCUT2D eigenvalue weighted by molar-refractivity contribution is 0.282. The Balaban J connectivity index is 3.12. The Morgan fingerprint density at radius 3 is 2.70 bits per heavy atom. The van der Waals surface area contributed by atoms with Gasteiger partial charge in [0.25, 0.3) is 0 Å². The molecule has 0 bridgehead atoms. The van der Waals surface area contributed by atoms with Gasteiger partial charge >= 0.3 is 0 Å². The van der Waals surface area contributed by atoms with Crippen molar-refractivity contribution >= 4 is 33.4 Å². The van der Waals surface area contributed by atoms with E-state index in [0.717, 1.165) is 0 Å². The molecule has 1 aromatic rings. The summed E-state index contributed by atoms with van der Waals surface area (Å²) in [4.78, 5) is -0.155. The zero-order valence-corrected chi connectivity index (χ0v) is 13.4. The van der Waals surface area contributed by atoms with Crippen LogP contribution in [0.15, 0.2) is 23.1 Å². The maximum absolute atomic E-state index is 12.3. The Bertz CT molecular complexity index is 610. The number of nitrogens with zero attached hydrogens (tertiary/aromatic N) is 1. The second kappa shape index (κ2) is 7.29. The van der Waals surface area contributed by atoms with E-state index < -0.39 is 16.1 Å². The third-order valence-corrected chi connectivity index (χ3v) is 5.73. The Kier molecular flexibility index (Phi) is 6.30. The molecule has 0 aliphatic carbocycles. The van der Waals surface area contributed by atoms with E-state index in [2.05, 4.69) is 4.72 Å². The lowest BCUT2D eigenvalue weighted by Gasteiger charge is -2.21. The van der Waals surface area contributed by atoms with Crippen molar-refractivity contribution in [2.45, 2.75) is 23.1 Å². The normalized spacial score (nSPS) is 14.6. The van der Waals surface area contributed by atoms with Crippen LogP contribution in [0.5, 0.6) is 0 Å². The maximum Gasteiger partial charge on any atom is 0.242 e. The molecular formula is C12H15ClN2O3S2. The lowest BCUT2D eigenvalue weighted by atomic mass is 10.2. The van der Waals surface area contributed by atoms with Crippen LogP contribution in [0.25, 0.3) is 0 Å². The van der Waals surface area contributed by atoms with Gasteiger partial charge in [-0.05, 0) is 31.4 Å². The van der Waals surface area contributed by atoms with Crippen LogP contribution in [-0.2, 0) is 10.0 Å². The number of aliphatic hydroxyl groups is 1. The van der Waals surface area contributed by atoms with Crippen molar-refractivity contribution < 1.29 is 13.5 Å². The predicted molar refractivity (Wildman–Crippen MR) is 80.3 cm³/mol. The van der Waals surface area contributed by atoms with Gasteiger partial charge in [-0.1, -0.05) is 11.6 Å². The van der Waals surface area contributed by atoms with Crippen molar-refractivity contribution in [3.8, 4) is 6.07 Å². The molecular weight excluding hydrogens is 320 g/mol. The van der Waals surface area contributed by atoms with E-state index in [4.69, 9.17) is 16.9 Å². The fourth-order valence-electron chi connectivity index (χ4n) is 1.63. The first kappa shape index (κ1) is 17.3. The van der Waals surface area contributed by atoms with Crippen molar-refractivity contribution in [3.63, 3.8) is 0 Å². The number of benzene rings is 1. The van der Waals surface area contributed by atoms with E-state index in [1.54, 1.807) is 13.2 Å². The molecule has 0 aromatic heterocycles. The van der Waals surface area contributed by atoms with Crippen LogP contribution in [0.3, 0.4) is 0 Å². The summed E-state index contributed by atoms with van der Waals surface area (Å²) in [5.74, 6) is 0. The first-order chi connectivity index (χ1) is 9.35. The minimum Gasteiger partial charge on any atom is -0.395 e. The van der Waals surface area contributed by atoms with Gasteiger partial charge in [0.15, 0.2) is 0 Å². The molecule has 0 saturated carbocycles. The summed E-state index contributed by atoms with van der Waals surface area (Å²) in [5, 5.41) is 18.1. The topological polar surface area (TPSA) is 90.2 Å². The molecule has 2 atom stereocenters. The van der Waals surface area contributed by atoms with Crippen molar-refractivity contribution in [2.75, 3.05) is 12.9 Å². The van der Waals surface area contributed by atoms with Crippen LogP contribution in [0.4, 0.5) is 0 Å². The molecule has 8 heteroatoms. The first-order valence-corrected chi connectivity index (χ1v) is 8.86. The van der Waals surface area contributed by atoms with E-state index in [9.17, 15) is 13.5 Å². The second-order valence-electron chi connectivity index (χ2n) is 4.12. The Hall–Kier alpha value is -0.780. The molecule has 2 N–H and O–H groups in total. The molecule has 20 heavy (non-hydrogen) atoms. The average molecular weight is 335 g/mol. The van der Waals surface area contributed by atoms with Crippen LogP contribution in [0.2, 0.25) is 5.02 Å². The number of aliphatic hydroxyl groups excluding tert-OH is 1. The van der Waals surface area contributed by atoms with Crippen molar-refractivity contribution in [2.24, 2.45) is 0 Å². The summed E-state index contributed by atoms with van der Waals surface area (Å²) in [6.45, 7) is 1.51. The number of thioether (sulfide) groups is 1. The zero-order valence-electron chi connectivity index (χ0n) is 11.0. The minimum atomic E-state index is -3.87. The van der Waals surface area contributed by atoms with Gasteiger partial charge in [0.1, 0.15) is 11.0 Å². The van der Waals surface area contributed by atoms with Crippen LogP contribution in [0, 0.1) is 11.3 Å². The van der Waals surface area contributed by atoms with Crippen molar-refractivity contribution in [1.82, 2.24) is 4.72 Å². The number of rotatable bonds is 6. The molecule has 0 aliphatic rings. The Morgan fingerprint density at radius 2 is 2.20 bits per heavy atom. The van der Waals surface area contributed by atoms with Crippen molar-refractivity contribution in [1.29, 1.82) is 5.26 Å². The van der Waals surface area contributed by atoms with Gasteiger partial charge < -0.3 is 5.11 Å². The SMILES string of the molecule is CSC(CO)C(C)NS(=O)(=O)c1cc(Cl)ccc1C#N. The molecule has 1 rings (SSSR count). The Labute approximate surface area is 128 Å². The summed E-state index contributed by atoms with van der Waals surface area (Å²) in [7, 11) is -3.87. The maximum atomic E-state index is 12.3. The van der Waals surface area contributed by atoms with E-state index in [1.165, 1.54) is 30.0 Å². The molecule has 110 valence electrons. The van der Waals surface area contributed by atoms with E-state index in [1.807, 2.05) is 6.07 Å². The van der Waals surface area contributed by atoms with Crippen LogP contribution in [0.1, 0.15) is 12.5 Å². The third kappa shape index (κ3) is 4.11. The van der Waals surface area contributed by atoms with Gasteiger partial charge in [0.05, 0.1) is 12.2 Å². The Morgan fingerprint density at radius 1 is 1.55 bits per heavy atom. The predicted octanol–water partition coefficient (Wildman–Crippen LogP) is 1.60. The highest BCUT2D eigenvalue weighted by atomic mass is 35.5. The van der Waals surface area contributed by atoms with Gasteiger partial charge in [-0.25, -0.2) is 13.1 Å². The smallest absolute Gasteiger partial charge is 0.242 e. The summed E-state index contributed by atoms with van der Waals surface area (Å²) in [6, 6.07) is 5.40. The molecule has 0 spiro atoms. The number of hydrogen-bond acceptors (Lipinski definition) is 5. The highest BCUT2D eigenvalue weighted by Crippen LogP contribution is 2.21. The fraction of sp³-hybridized carbons (Fsp3) is 0.417. The minimum absolute atomic E-state index is 0.0267. The van der Waals surface area contributed by atoms with Gasteiger partial charge in [0.2, 0.25) is 10.0 Å². The molecule has 2 unspecified atom stereocenters. The largest absolute Gasteiger partial charge is 0.395 e. The molecule has 0 aliphatic heterocycles. The van der Waals surface area contributed by atoms with Gasteiger partial charge in [-0.15, -0.1) is 0 Å². The van der Waals surface area contributed by atoms with Crippen LogP contribution < -0.4 is 4.72 Å². The number of halogens is 1. The summed E-state index contributed by atoms with van der Waals surface area (Å²) < 4.78 is 27.1. The number of hydrogen-bond donors (Lipinski definition) is 2. The van der Waals surface area contributed by atoms with Crippen LogP contribution in [-0.4, -0.2) is 37.7 Å². The van der Waals surface area contributed by atoms with Crippen LogP contribution >= 0.6 is 23.4 Å². The first-order valence-electron chi connectivity index (χ1n) is 5.71. The molecule has 0 amide bonds.